The Bertz CT molecular complexity index is 1040. The van der Waals surface area contributed by atoms with Gasteiger partial charge in [-0.3, -0.25) is 4.79 Å². The second kappa shape index (κ2) is 8.39. The first-order chi connectivity index (χ1) is 13.3. The second-order valence-corrected chi connectivity index (χ2v) is 5.32. The lowest BCUT2D eigenvalue weighted by Gasteiger charge is -2.10. The Morgan fingerprint density at radius 3 is 2.04 bits per heavy atom. The molecule has 0 bridgehead atoms. The van der Waals surface area contributed by atoms with Crippen LogP contribution in [0.1, 0.15) is 15.9 Å². The van der Waals surface area contributed by atoms with Crippen LogP contribution in [0.15, 0.2) is 59.8 Å². The summed E-state index contributed by atoms with van der Waals surface area (Å²) in [5, 5.41) is 31.5. The molecule has 9 heteroatoms. The third kappa shape index (κ3) is 4.87. The number of carbonyl (C=O) groups excluding carboxylic acids is 1. The smallest absolute Gasteiger partial charge is 0.345 e. The Hall–Kier alpha value is -4.29. The minimum atomic E-state index is -4.52. The van der Waals surface area contributed by atoms with Crippen LogP contribution in [0.5, 0.6) is 0 Å². The fourth-order valence-corrected chi connectivity index (χ4v) is 2.11. The number of amides is 1. The summed E-state index contributed by atoms with van der Waals surface area (Å²) in [4.78, 5) is 12.2. The van der Waals surface area contributed by atoms with E-state index in [1.165, 1.54) is 36.4 Å². The molecule has 0 heterocycles. The van der Waals surface area contributed by atoms with E-state index in [1.54, 1.807) is 18.2 Å². The molecule has 2 aromatic carbocycles. The molecule has 0 unspecified atom stereocenters. The van der Waals surface area contributed by atoms with Crippen molar-refractivity contribution in [3.05, 3.63) is 70.9 Å². The molecule has 2 aromatic rings. The van der Waals surface area contributed by atoms with Gasteiger partial charge in [0.15, 0.2) is 5.57 Å². The van der Waals surface area contributed by atoms with E-state index >= 15 is 0 Å². The van der Waals surface area contributed by atoms with Gasteiger partial charge in [0, 0.05) is 16.9 Å². The molecule has 6 nitrogen and oxygen atoms in total. The normalized spacial score (nSPS) is 10.0. The van der Waals surface area contributed by atoms with Gasteiger partial charge in [-0.15, -0.1) is 0 Å². The maximum absolute atomic E-state index is 12.7. The van der Waals surface area contributed by atoms with Gasteiger partial charge in [-0.25, -0.2) is 0 Å². The van der Waals surface area contributed by atoms with Crippen LogP contribution in [-0.2, 0) is 6.18 Å². The summed E-state index contributed by atoms with van der Waals surface area (Å²) in [5.74, 6) is -0.628. The van der Waals surface area contributed by atoms with Crippen LogP contribution in [0.25, 0.3) is 0 Å². The van der Waals surface area contributed by atoms with E-state index in [1.807, 2.05) is 0 Å². The van der Waals surface area contributed by atoms with Gasteiger partial charge in [0.2, 0.25) is 0 Å². The molecule has 28 heavy (non-hydrogen) atoms. The number of allylic oxidation sites excluding steroid dienone is 2. The predicted molar refractivity (Wildman–Crippen MR) is 93.3 cm³/mol. The third-order valence-electron chi connectivity index (χ3n) is 3.45. The molecule has 2 rings (SSSR count). The Morgan fingerprint density at radius 2 is 1.50 bits per heavy atom. The summed E-state index contributed by atoms with van der Waals surface area (Å²) >= 11 is 0. The van der Waals surface area contributed by atoms with E-state index in [4.69, 9.17) is 15.8 Å². The van der Waals surface area contributed by atoms with Crippen molar-refractivity contribution in [1.82, 2.24) is 0 Å². The number of hydrogen-bond donors (Lipinski definition) is 2. The summed E-state index contributed by atoms with van der Waals surface area (Å²) in [6.07, 6.45) is -4.52. The summed E-state index contributed by atoms with van der Waals surface area (Å²) < 4.78 is 38.2. The van der Waals surface area contributed by atoms with Crippen LogP contribution in [0, 0.1) is 34.0 Å². The Balaban J connectivity index is 2.15. The fourth-order valence-electron chi connectivity index (χ4n) is 2.11. The molecule has 0 atom stereocenters. The van der Waals surface area contributed by atoms with Crippen LogP contribution < -0.4 is 10.6 Å². The predicted octanol–water partition coefficient (Wildman–Crippen LogP) is 4.19. The number of nitrogens with one attached hydrogen (secondary N) is 2. The number of alkyl halides is 3. The molecule has 0 radical (unpaired) electrons. The third-order valence-corrected chi connectivity index (χ3v) is 3.45. The second-order valence-electron chi connectivity index (χ2n) is 5.32. The summed E-state index contributed by atoms with van der Waals surface area (Å²) in [6.45, 7) is 0. The number of rotatable bonds is 4. The van der Waals surface area contributed by atoms with Gasteiger partial charge in [0.1, 0.15) is 23.9 Å². The lowest BCUT2D eigenvalue weighted by Crippen LogP contribution is -2.13. The molecule has 0 aliphatic heterocycles. The van der Waals surface area contributed by atoms with Gasteiger partial charge < -0.3 is 10.6 Å². The molecule has 1 amide bonds. The van der Waals surface area contributed by atoms with Gasteiger partial charge in [-0.05, 0) is 42.5 Å². The first-order valence-corrected chi connectivity index (χ1v) is 7.58. The van der Waals surface area contributed by atoms with Crippen molar-refractivity contribution in [3.63, 3.8) is 0 Å². The Labute approximate surface area is 157 Å². The Morgan fingerprint density at radius 1 is 0.857 bits per heavy atom. The summed E-state index contributed by atoms with van der Waals surface area (Å²) in [6, 6.07) is 14.7. The zero-order valence-corrected chi connectivity index (χ0v) is 14.0. The molecule has 0 aliphatic carbocycles. The average molecular weight is 381 g/mol. The number of anilines is 2. The topological polar surface area (TPSA) is 112 Å². The molecule has 138 valence electrons. The highest BCUT2D eigenvalue weighted by molar-refractivity contribution is 6.04. The van der Waals surface area contributed by atoms with Crippen molar-refractivity contribution in [1.29, 1.82) is 15.8 Å². The maximum Gasteiger partial charge on any atom is 0.416 e. The maximum atomic E-state index is 12.7. The van der Waals surface area contributed by atoms with Gasteiger partial charge in [-0.2, -0.15) is 29.0 Å². The minimum absolute atomic E-state index is 0.00981. The van der Waals surface area contributed by atoms with E-state index in [0.29, 0.717) is 5.69 Å². The zero-order valence-electron chi connectivity index (χ0n) is 14.0. The molecule has 0 saturated carbocycles. The number of benzene rings is 2. The quantitative estimate of drug-likeness (QED) is 0.771. The van der Waals surface area contributed by atoms with Gasteiger partial charge >= 0.3 is 6.18 Å². The van der Waals surface area contributed by atoms with Gasteiger partial charge in [0.25, 0.3) is 5.91 Å². The van der Waals surface area contributed by atoms with E-state index in [2.05, 4.69) is 10.6 Å². The van der Waals surface area contributed by atoms with Crippen molar-refractivity contribution in [2.75, 3.05) is 10.6 Å². The van der Waals surface area contributed by atoms with Crippen LogP contribution in [-0.4, -0.2) is 5.91 Å². The standard InChI is InChI=1S/C19H10F3N5O/c20-19(21,22)14-2-1-3-16(8-14)27-18(28)12-4-6-15(7-5-12)26-17(11-25)13(9-23)10-24/h1-8,26H,(H,27,28). The van der Waals surface area contributed by atoms with Crippen molar-refractivity contribution < 1.29 is 18.0 Å². The molecule has 2 N–H and O–H groups in total. The molecule has 0 fully saturated rings. The fraction of sp³-hybridized carbons (Fsp3) is 0.0526. The first-order valence-electron chi connectivity index (χ1n) is 7.58. The van der Waals surface area contributed by atoms with E-state index in [0.717, 1.165) is 12.1 Å². The lowest BCUT2D eigenvalue weighted by atomic mass is 10.1. The SMILES string of the molecule is N#CC(C#N)=C(C#N)Nc1ccc(C(=O)Nc2cccc(C(F)(F)F)c2)cc1. The molecule has 0 aliphatic rings. The molecule has 0 spiro atoms. The van der Waals surface area contributed by atoms with Crippen LogP contribution in [0.3, 0.4) is 0 Å². The Kier molecular flexibility index (Phi) is 6.00. The average Bonchev–Trinajstić information content (AvgIpc) is 2.68. The van der Waals surface area contributed by atoms with Crippen molar-refractivity contribution >= 4 is 17.3 Å². The van der Waals surface area contributed by atoms with Crippen LogP contribution in [0.2, 0.25) is 0 Å². The van der Waals surface area contributed by atoms with Crippen LogP contribution in [0.4, 0.5) is 24.5 Å². The van der Waals surface area contributed by atoms with Crippen LogP contribution >= 0.6 is 0 Å². The molecule has 0 saturated heterocycles. The van der Waals surface area contributed by atoms with E-state index in [9.17, 15) is 18.0 Å². The number of nitriles is 3. The first kappa shape index (κ1) is 20.0. The van der Waals surface area contributed by atoms with E-state index < -0.39 is 23.2 Å². The minimum Gasteiger partial charge on any atom is -0.345 e. The highest BCUT2D eigenvalue weighted by atomic mass is 19.4. The van der Waals surface area contributed by atoms with Crippen molar-refractivity contribution in [3.8, 4) is 18.2 Å². The number of carbonyl (C=O) groups is 1. The zero-order chi connectivity index (χ0) is 20.7. The van der Waals surface area contributed by atoms with E-state index in [-0.39, 0.29) is 16.9 Å². The molecular weight excluding hydrogens is 371 g/mol. The highest BCUT2D eigenvalue weighted by Gasteiger charge is 2.30. The molecule has 0 aromatic heterocycles. The van der Waals surface area contributed by atoms with Gasteiger partial charge in [-0.1, -0.05) is 6.07 Å². The van der Waals surface area contributed by atoms with Crippen molar-refractivity contribution in [2.45, 2.75) is 6.18 Å². The largest absolute Gasteiger partial charge is 0.416 e. The number of hydrogen-bond acceptors (Lipinski definition) is 5. The van der Waals surface area contributed by atoms with Gasteiger partial charge in [0.05, 0.1) is 5.56 Å². The summed E-state index contributed by atoms with van der Waals surface area (Å²) in [5.41, 5.74) is -1.03. The molecular formula is C19H10F3N5O. The number of halogens is 3. The monoisotopic (exact) mass is 381 g/mol. The lowest BCUT2D eigenvalue weighted by molar-refractivity contribution is -0.137. The highest BCUT2D eigenvalue weighted by Crippen LogP contribution is 2.30. The van der Waals surface area contributed by atoms with Crippen molar-refractivity contribution in [2.24, 2.45) is 0 Å². The number of nitrogens with zero attached hydrogens (tertiary/aromatic N) is 3. The summed E-state index contributed by atoms with van der Waals surface area (Å²) in [7, 11) is 0.